The molecule has 1 aromatic carbocycles. The molecule has 27 heavy (non-hydrogen) atoms. The molecule has 7 heteroatoms. The van der Waals surface area contributed by atoms with Crippen molar-refractivity contribution in [2.45, 2.75) is 25.3 Å². The number of aromatic nitrogens is 1. The van der Waals surface area contributed by atoms with E-state index in [0.29, 0.717) is 5.92 Å². The molecule has 2 heterocycles. The second-order valence-corrected chi connectivity index (χ2v) is 7.69. The van der Waals surface area contributed by atoms with Crippen molar-refractivity contribution in [3.63, 3.8) is 0 Å². The molecule has 1 aromatic heterocycles. The molecule has 1 saturated carbocycles. The number of hydrogen-bond donors (Lipinski definition) is 1. The van der Waals surface area contributed by atoms with E-state index in [0.717, 1.165) is 49.3 Å². The Morgan fingerprint density at radius 1 is 1.11 bits per heavy atom. The largest absolute Gasteiger partial charge is 0.340 e. The van der Waals surface area contributed by atoms with Gasteiger partial charge in [-0.3, -0.25) is 4.90 Å². The van der Waals surface area contributed by atoms with Crippen LogP contribution in [0.25, 0.3) is 0 Å². The van der Waals surface area contributed by atoms with Crippen LogP contribution in [-0.4, -0.2) is 48.0 Å². The minimum atomic E-state index is 0. The van der Waals surface area contributed by atoms with Crippen molar-refractivity contribution in [3.05, 3.63) is 52.7 Å². The van der Waals surface area contributed by atoms with Crippen LogP contribution in [0.1, 0.15) is 29.9 Å². The van der Waals surface area contributed by atoms with E-state index in [9.17, 15) is 0 Å². The maximum absolute atomic E-state index is 6.08. The third kappa shape index (κ3) is 5.97. The number of benzene rings is 1. The molecule has 0 bridgehead atoms. The fraction of sp³-hybridized carbons (Fsp3) is 0.450. The Morgan fingerprint density at radius 2 is 1.85 bits per heavy atom. The van der Waals surface area contributed by atoms with Crippen LogP contribution in [0.4, 0.5) is 11.5 Å². The number of nitrogens with zero attached hydrogens (tertiary/aromatic N) is 3. The molecule has 2 aromatic rings. The molecule has 1 aliphatic carbocycles. The predicted molar refractivity (Wildman–Crippen MR) is 118 cm³/mol. The quantitative estimate of drug-likeness (QED) is 0.729. The molecular formula is C20H27Cl3N4. The van der Waals surface area contributed by atoms with E-state index in [1.54, 1.807) is 0 Å². The van der Waals surface area contributed by atoms with E-state index < -0.39 is 0 Å². The zero-order valence-electron chi connectivity index (χ0n) is 15.5. The highest BCUT2D eigenvalue weighted by molar-refractivity contribution is 6.30. The number of piperazine rings is 1. The normalized spacial score (nSPS) is 17.7. The Labute approximate surface area is 179 Å². The molecule has 2 aliphatic rings. The molecule has 0 atom stereocenters. The number of rotatable bonds is 5. The summed E-state index contributed by atoms with van der Waals surface area (Å²) in [6, 6.07) is 10.0. The van der Waals surface area contributed by atoms with Gasteiger partial charge in [-0.25, -0.2) is 4.98 Å². The average Bonchev–Trinajstić information content (AvgIpc) is 3.43. The maximum atomic E-state index is 6.08. The highest BCUT2D eigenvalue weighted by Gasteiger charge is 2.27. The second kappa shape index (κ2) is 9.94. The summed E-state index contributed by atoms with van der Waals surface area (Å²) in [6.07, 6.45) is 4.67. The molecule has 1 aliphatic heterocycles. The van der Waals surface area contributed by atoms with Gasteiger partial charge in [-0.15, -0.1) is 24.8 Å². The molecular weight excluding hydrogens is 403 g/mol. The summed E-state index contributed by atoms with van der Waals surface area (Å²) in [5.74, 6) is 1.62. The summed E-state index contributed by atoms with van der Waals surface area (Å²) in [5, 5.41) is 4.12. The minimum absolute atomic E-state index is 0. The molecule has 0 amide bonds. The number of nitrogens with one attached hydrogen (secondary N) is 1. The van der Waals surface area contributed by atoms with E-state index in [-0.39, 0.29) is 24.8 Å². The van der Waals surface area contributed by atoms with Crippen molar-refractivity contribution in [2.24, 2.45) is 0 Å². The summed E-state index contributed by atoms with van der Waals surface area (Å²) in [6.45, 7) is 5.61. The standard InChI is InChI=1S/C20H25ClN4.2ClH/c1-24-7-9-25(10-8-24)14-16-13-22-20(12-19(16)15-5-6-15)23-18-4-2-3-17(21)11-18;;/h2-4,11-13,15H,5-10,14H2,1H3,(H,22,23);2*1H. The molecule has 0 radical (unpaired) electrons. The fourth-order valence-electron chi connectivity index (χ4n) is 3.44. The molecule has 1 saturated heterocycles. The number of halogens is 3. The van der Waals surface area contributed by atoms with E-state index in [1.807, 2.05) is 24.3 Å². The van der Waals surface area contributed by atoms with E-state index >= 15 is 0 Å². The first-order valence-electron chi connectivity index (χ1n) is 9.10. The number of anilines is 2. The Morgan fingerprint density at radius 3 is 2.52 bits per heavy atom. The summed E-state index contributed by atoms with van der Waals surface area (Å²) >= 11 is 6.08. The van der Waals surface area contributed by atoms with Gasteiger partial charge in [-0.1, -0.05) is 17.7 Å². The SMILES string of the molecule is CN1CCN(Cc2cnc(Nc3cccc(Cl)c3)cc2C2CC2)CC1.Cl.Cl. The summed E-state index contributed by atoms with van der Waals surface area (Å²) in [5.41, 5.74) is 3.84. The lowest BCUT2D eigenvalue weighted by atomic mass is 10.0. The third-order valence-corrected chi connectivity index (χ3v) is 5.36. The zero-order chi connectivity index (χ0) is 17.2. The van der Waals surface area contributed by atoms with Gasteiger partial charge in [0.15, 0.2) is 0 Å². The minimum Gasteiger partial charge on any atom is -0.340 e. The van der Waals surface area contributed by atoms with Crippen molar-refractivity contribution in [2.75, 3.05) is 38.5 Å². The first-order chi connectivity index (χ1) is 12.2. The fourth-order valence-corrected chi connectivity index (χ4v) is 3.63. The van der Waals surface area contributed by atoms with E-state index in [2.05, 4.69) is 39.4 Å². The van der Waals surface area contributed by atoms with Gasteiger partial charge in [0.1, 0.15) is 5.82 Å². The molecule has 2 fully saturated rings. The Bertz CT molecular complexity index is 744. The average molecular weight is 430 g/mol. The topological polar surface area (TPSA) is 31.4 Å². The van der Waals surface area contributed by atoms with Gasteiger partial charge in [-0.2, -0.15) is 0 Å². The smallest absolute Gasteiger partial charge is 0.130 e. The number of likely N-dealkylation sites (N-methyl/N-ethyl adjacent to an activating group) is 1. The van der Waals surface area contributed by atoms with E-state index in [4.69, 9.17) is 11.6 Å². The number of hydrogen-bond acceptors (Lipinski definition) is 4. The van der Waals surface area contributed by atoms with Crippen molar-refractivity contribution < 1.29 is 0 Å². The third-order valence-electron chi connectivity index (χ3n) is 5.13. The van der Waals surface area contributed by atoms with Crippen molar-refractivity contribution in [1.29, 1.82) is 0 Å². The summed E-state index contributed by atoms with van der Waals surface area (Å²) in [7, 11) is 2.20. The van der Waals surface area contributed by atoms with Crippen LogP contribution in [0.2, 0.25) is 5.02 Å². The first-order valence-corrected chi connectivity index (χ1v) is 9.47. The van der Waals surface area contributed by atoms with Crippen molar-refractivity contribution >= 4 is 47.9 Å². The molecule has 1 N–H and O–H groups in total. The van der Waals surface area contributed by atoms with Crippen LogP contribution in [0.3, 0.4) is 0 Å². The molecule has 4 rings (SSSR count). The van der Waals surface area contributed by atoms with Crippen molar-refractivity contribution in [3.8, 4) is 0 Å². The summed E-state index contributed by atoms with van der Waals surface area (Å²) in [4.78, 5) is 9.61. The van der Waals surface area contributed by atoms with Gasteiger partial charge >= 0.3 is 0 Å². The van der Waals surface area contributed by atoms with Crippen LogP contribution in [0.15, 0.2) is 36.5 Å². The van der Waals surface area contributed by atoms with Crippen LogP contribution in [0.5, 0.6) is 0 Å². The lowest BCUT2D eigenvalue weighted by Gasteiger charge is -2.32. The van der Waals surface area contributed by atoms with Crippen LogP contribution >= 0.6 is 36.4 Å². The predicted octanol–water partition coefficient (Wildman–Crippen LogP) is 4.95. The molecule has 4 nitrogen and oxygen atoms in total. The highest BCUT2D eigenvalue weighted by atomic mass is 35.5. The zero-order valence-corrected chi connectivity index (χ0v) is 17.9. The molecule has 0 spiro atoms. The Hall–Kier alpha value is -1.04. The monoisotopic (exact) mass is 428 g/mol. The first kappa shape index (κ1) is 22.3. The van der Waals surface area contributed by atoms with Gasteiger partial charge in [0.05, 0.1) is 0 Å². The van der Waals surface area contributed by atoms with Crippen molar-refractivity contribution in [1.82, 2.24) is 14.8 Å². The second-order valence-electron chi connectivity index (χ2n) is 7.26. The van der Waals surface area contributed by atoms with Crippen LogP contribution in [-0.2, 0) is 6.54 Å². The van der Waals surface area contributed by atoms with Gasteiger partial charge in [0.25, 0.3) is 0 Å². The lowest BCUT2D eigenvalue weighted by molar-refractivity contribution is 0.148. The molecule has 0 unspecified atom stereocenters. The van der Waals surface area contributed by atoms with Gasteiger partial charge in [-0.05, 0) is 61.2 Å². The number of pyridine rings is 1. The van der Waals surface area contributed by atoms with Gasteiger partial charge in [0, 0.05) is 49.6 Å². The van der Waals surface area contributed by atoms with Crippen LogP contribution < -0.4 is 5.32 Å². The van der Waals surface area contributed by atoms with Gasteiger partial charge in [0.2, 0.25) is 0 Å². The Balaban J connectivity index is 0.00000131. The maximum Gasteiger partial charge on any atom is 0.130 e. The lowest BCUT2D eigenvalue weighted by Crippen LogP contribution is -2.44. The highest BCUT2D eigenvalue weighted by Crippen LogP contribution is 2.42. The van der Waals surface area contributed by atoms with E-state index in [1.165, 1.54) is 24.0 Å². The Kier molecular flexibility index (Phi) is 8.20. The van der Waals surface area contributed by atoms with Gasteiger partial charge < -0.3 is 10.2 Å². The molecule has 148 valence electrons. The summed E-state index contributed by atoms with van der Waals surface area (Å²) < 4.78 is 0. The van der Waals surface area contributed by atoms with Crippen LogP contribution in [0, 0.1) is 0 Å².